The summed E-state index contributed by atoms with van der Waals surface area (Å²) in [5.41, 5.74) is 2.50. The monoisotopic (exact) mass is 629 g/mol. The number of nitrogens with zero attached hydrogens (tertiary/aromatic N) is 5. The van der Waals surface area contributed by atoms with Gasteiger partial charge >= 0.3 is 6.09 Å². The highest BCUT2D eigenvalue weighted by Crippen LogP contribution is 2.40. The lowest BCUT2D eigenvalue weighted by Gasteiger charge is -2.47. The SMILES string of the molecule is C[C@@H]1CN(CC(=O)N2CC(C)(C)c3ncc(Cc4ccc(F)cc4)cc32)[C@@H](CN2CCC(F)(F)CC2)CN1C(=O)OC(C)(C)C. The number of amides is 2. The van der Waals surface area contributed by atoms with Crippen LogP contribution < -0.4 is 4.90 Å². The van der Waals surface area contributed by atoms with Crippen LogP contribution in [-0.2, 0) is 21.4 Å². The second kappa shape index (κ2) is 12.5. The Morgan fingerprint density at radius 3 is 2.36 bits per heavy atom. The number of anilines is 1. The Kier molecular flexibility index (Phi) is 9.26. The molecule has 3 aliphatic heterocycles. The van der Waals surface area contributed by atoms with Crippen molar-refractivity contribution in [2.45, 2.75) is 89.8 Å². The first-order valence-electron chi connectivity index (χ1n) is 15.9. The van der Waals surface area contributed by atoms with Gasteiger partial charge in [0.05, 0.1) is 17.9 Å². The summed E-state index contributed by atoms with van der Waals surface area (Å²) >= 11 is 0. The number of hydrogen-bond donors (Lipinski definition) is 0. The van der Waals surface area contributed by atoms with E-state index in [0.717, 1.165) is 22.5 Å². The Morgan fingerprint density at radius 1 is 1.04 bits per heavy atom. The Morgan fingerprint density at radius 2 is 1.71 bits per heavy atom. The maximum atomic E-state index is 14.1. The van der Waals surface area contributed by atoms with Gasteiger partial charge < -0.3 is 19.4 Å². The van der Waals surface area contributed by atoms with Gasteiger partial charge in [-0.25, -0.2) is 18.0 Å². The molecule has 2 amide bonds. The zero-order chi connectivity index (χ0) is 32.7. The number of alkyl halides is 2. The topological polar surface area (TPSA) is 69.2 Å². The molecule has 0 saturated carbocycles. The second-order valence-corrected chi connectivity index (χ2v) is 14.6. The molecule has 2 saturated heterocycles. The van der Waals surface area contributed by atoms with Gasteiger partial charge in [-0.05, 0) is 63.4 Å². The van der Waals surface area contributed by atoms with Crippen molar-refractivity contribution >= 4 is 17.7 Å². The van der Waals surface area contributed by atoms with Crippen molar-refractivity contribution in [2.24, 2.45) is 0 Å². The van der Waals surface area contributed by atoms with Crippen LogP contribution in [0.2, 0.25) is 0 Å². The van der Waals surface area contributed by atoms with Crippen LogP contribution in [0.3, 0.4) is 0 Å². The van der Waals surface area contributed by atoms with E-state index in [0.29, 0.717) is 32.6 Å². The van der Waals surface area contributed by atoms with Crippen molar-refractivity contribution in [1.82, 2.24) is 19.7 Å². The van der Waals surface area contributed by atoms with Gasteiger partial charge in [0.2, 0.25) is 5.91 Å². The first-order valence-corrected chi connectivity index (χ1v) is 15.9. The second-order valence-electron chi connectivity index (χ2n) is 14.6. The maximum Gasteiger partial charge on any atom is 0.410 e. The van der Waals surface area contributed by atoms with E-state index in [-0.39, 0.29) is 61.7 Å². The molecule has 4 heterocycles. The molecular weight excluding hydrogens is 583 g/mol. The predicted molar refractivity (Wildman–Crippen MR) is 167 cm³/mol. The van der Waals surface area contributed by atoms with Gasteiger partial charge in [-0.3, -0.25) is 14.7 Å². The minimum absolute atomic E-state index is 0.0735. The first-order chi connectivity index (χ1) is 21.0. The van der Waals surface area contributed by atoms with Crippen molar-refractivity contribution in [2.75, 3.05) is 50.7 Å². The fraction of sp³-hybridized carbons (Fsp3) is 0.618. The van der Waals surface area contributed by atoms with Crippen LogP contribution in [0.15, 0.2) is 36.5 Å². The van der Waals surface area contributed by atoms with Crippen molar-refractivity contribution in [3.05, 3.63) is 59.2 Å². The lowest BCUT2D eigenvalue weighted by molar-refractivity contribution is -0.121. The summed E-state index contributed by atoms with van der Waals surface area (Å²) in [6, 6.07) is 7.93. The highest BCUT2D eigenvalue weighted by molar-refractivity contribution is 5.97. The number of pyridine rings is 1. The molecule has 1 aromatic carbocycles. The molecule has 0 N–H and O–H groups in total. The van der Waals surface area contributed by atoms with Crippen LogP contribution >= 0.6 is 0 Å². The number of rotatable bonds is 6. The highest BCUT2D eigenvalue weighted by atomic mass is 19.3. The first kappa shape index (κ1) is 33.2. The van der Waals surface area contributed by atoms with Gasteiger partial charge in [0.25, 0.3) is 5.92 Å². The largest absolute Gasteiger partial charge is 0.444 e. The summed E-state index contributed by atoms with van der Waals surface area (Å²) in [5, 5.41) is 0. The molecule has 11 heteroatoms. The summed E-state index contributed by atoms with van der Waals surface area (Å²) in [7, 11) is 0. The van der Waals surface area contributed by atoms with E-state index in [1.54, 1.807) is 21.9 Å². The van der Waals surface area contributed by atoms with Gasteiger partial charge in [0, 0.05) is 75.8 Å². The minimum atomic E-state index is -2.66. The van der Waals surface area contributed by atoms with E-state index in [2.05, 4.69) is 18.7 Å². The molecule has 0 radical (unpaired) electrons. The van der Waals surface area contributed by atoms with Gasteiger partial charge in [-0.2, -0.15) is 0 Å². The fourth-order valence-corrected chi connectivity index (χ4v) is 6.61. The molecule has 45 heavy (non-hydrogen) atoms. The number of likely N-dealkylation sites (tertiary alicyclic amines) is 1. The molecule has 8 nitrogen and oxygen atoms in total. The van der Waals surface area contributed by atoms with Crippen LogP contribution in [0.5, 0.6) is 0 Å². The fourth-order valence-electron chi connectivity index (χ4n) is 6.61. The number of piperidine rings is 1. The molecule has 2 atom stereocenters. The molecule has 2 aromatic rings. The lowest BCUT2D eigenvalue weighted by atomic mass is 9.91. The quantitative estimate of drug-likeness (QED) is 0.422. The summed E-state index contributed by atoms with van der Waals surface area (Å²) in [6.07, 6.45) is 1.58. The third-order valence-electron chi connectivity index (χ3n) is 9.01. The molecule has 0 bridgehead atoms. The molecule has 2 fully saturated rings. The number of halogens is 3. The Balaban J connectivity index is 1.35. The van der Waals surface area contributed by atoms with E-state index in [1.807, 2.05) is 44.9 Å². The number of benzene rings is 1. The van der Waals surface area contributed by atoms with Crippen molar-refractivity contribution in [1.29, 1.82) is 0 Å². The number of ether oxygens (including phenoxy) is 1. The van der Waals surface area contributed by atoms with Crippen molar-refractivity contribution < 1.29 is 27.5 Å². The molecule has 0 unspecified atom stereocenters. The smallest absolute Gasteiger partial charge is 0.410 e. The summed E-state index contributed by atoms with van der Waals surface area (Å²) in [5.74, 6) is -3.02. The summed E-state index contributed by atoms with van der Waals surface area (Å²) < 4.78 is 47.0. The van der Waals surface area contributed by atoms with Crippen LogP contribution in [-0.4, -0.2) is 101 Å². The van der Waals surface area contributed by atoms with Crippen LogP contribution in [0.25, 0.3) is 0 Å². The normalized spacial score (nSPS) is 23.6. The summed E-state index contributed by atoms with van der Waals surface area (Å²) in [6.45, 7) is 14.0. The van der Waals surface area contributed by atoms with E-state index < -0.39 is 17.6 Å². The number of piperazine rings is 1. The van der Waals surface area contributed by atoms with Crippen LogP contribution in [0, 0.1) is 5.82 Å². The van der Waals surface area contributed by atoms with E-state index in [4.69, 9.17) is 9.72 Å². The average molecular weight is 630 g/mol. The number of fused-ring (bicyclic) bond motifs is 1. The molecule has 0 aliphatic carbocycles. The van der Waals surface area contributed by atoms with Gasteiger partial charge in [-0.1, -0.05) is 26.0 Å². The molecule has 0 spiro atoms. The standard InChI is InChI=1S/C34H46F3N5O3/c1-23-18-40(27(19-39-13-11-34(36,37)12-14-39)20-41(23)31(44)45-32(2,3)4)21-29(43)42-22-33(5,6)30-28(42)16-25(17-38-30)15-24-7-9-26(35)10-8-24/h7-10,16-17,23,27H,11-15,18-22H2,1-6H3/t23-,27+/m1/s1. The zero-order valence-corrected chi connectivity index (χ0v) is 27.3. The summed E-state index contributed by atoms with van der Waals surface area (Å²) in [4.78, 5) is 39.6. The Bertz CT molecular complexity index is 1380. The van der Waals surface area contributed by atoms with Crippen LogP contribution in [0.4, 0.5) is 23.7 Å². The molecule has 1 aromatic heterocycles. The van der Waals surface area contributed by atoms with E-state index >= 15 is 0 Å². The minimum Gasteiger partial charge on any atom is -0.444 e. The molecule has 246 valence electrons. The number of carbonyl (C=O) groups excluding carboxylic acids is 2. The number of hydrogen-bond acceptors (Lipinski definition) is 6. The highest BCUT2D eigenvalue weighted by Gasteiger charge is 2.43. The third kappa shape index (κ3) is 7.98. The molecule has 3 aliphatic rings. The number of aromatic nitrogens is 1. The van der Waals surface area contributed by atoms with E-state index in [9.17, 15) is 22.8 Å². The van der Waals surface area contributed by atoms with Gasteiger partial charge in [0.1, 0.15) is 11.4 Å². The maximum absolute atomic E-state index is 14.1. The molecular formula is C34H46F3N5O3. The number of carbonyl (C=O) groups is 2. The third-order valence-corrected chi connectivity index (χ3v) is 9.01. The van der Waals surface area contributed by atoms with E-state index in [1.165, 1.54) is 12.1 Å². The van der Waals surface area contributed by atoms with Gasteiger partial charge in [0.15, 0.2) is 0 Å². The zero-order valence-electron chi connectivity index (χ0n) is 27.3. The molecule has 5 rings (SSSR count). The lowest BCUT2D eigenvalue weighted by Crippen LogP contribution is -2.63. The Hall–Kier alpha value is -3.18. The Labute approximate surface area is 264 Å². The predicted octanol–water partition coefficient (Wildman–Crippen LogP) is 5.48. The van der Waals surface area contributed by atoms with Crippen molar-refractivity contribution in [3.8, 4) is 0 Å². The van der Waals surface area contributed by atoms with Gasteiger partial charge in [-0.15, -0.1) is 0 Å². The average Bonchev–Trinajstić information content (AvgIpc) is 3.21. The van der Waals surface area contributed by atoms with Crippen LogP contribution in [0.1, 0.15) is 71.2 Å². The van der Waals surface area contributed by atoms with Crippen molar-refractivity contribution in [3.63, 3.8) is 0 Å².